The Morgan fingerprint density at radius 1 is 1.43 bits per heavy atom. The number of rotatable bonds is 7. The first-order valence-corrected chi connectivity index (χ1v) is 7.61. The minimum absolute atomic E-state index is 0.00356. The van der Waals surface area contributed by atoms with Crippen molar-refractivity contribution in [3.63, 3.8) is 0 Å². The molecule has 2 amide bonds. The van der Waals surface area contributed by atoms with Crippen molar-refractivity contribution in [2.75, 3.05) is 18.4 Å². The molecule has 0 radical (unpaired) electrons. The maximum atomic E-state index is 12.4. The van der Waals surface area contributed by atoms with Crippen LogP contribution >= 0.6 is 11.3 Å². The van der Waals surface area contributed by atoms with Gasteiger partial charge in [-0.15, -0.1) is 11.3 Å². The largest absolute Gasteiger partial charge is 0.363 e. The molecule has 2 rings (SSSR count). The molecule has 0 aliphatic rings. The summed E-state index contributed by atoms with van der Waals surface area (Å²) >= 11 is 1.37. The zero-order valence-corrected chi connectivity index (χ0v) is 12.6. The molecule has 0 saturated heterocycles. The van der Waals surface area contributed by atoms with Crippen molar-refractivity contribution < 1.29 is 14.1 Å². The van der Waals surface area contributed by atoms with Gasteiger partial charge in [-0.1, -0.05) is 24.6 Å². The Morgan fingerprint density at radius 2 is 2.29 bits per heavy atom. The number of aromatic nitrogens is 1. The molecule has 112 valence electrons. The third-order valence-electron chi connectivity index (χ3n) is 2.84. The normalized spacial score (nSPS) is 10.3. The lowest BCUT2D eigenvalue weighted by Gasteiger charge is -2.21. The minimum Gasteiger partial charge on any atom is -0.363 e. The Balaban J connectivity index is 1.98. The summed E-state index contributed by atoms with van der Waals surface area (Å²) in [6, 6.07) is 5.14. The molecule has 0 atom stereocenters. The Labute approximate surface area is 126 Å². The Hall–Kier alpha value is -2.15. The van der Waals surface area contributed by atoms with E-state index in [1.165, 1.54) is 17.6 Å². The molecule has 0 saturated carbocycles. The highest BCUT2D eigenvalue weighted by atomic mass is 32.1. The number of carbonyl (C=O) groups is 2. The van der Waals surface area contributed by atoms with Crippen LogP contribution in [0.3, 0.4) is 0 Å². The summed E-state index contributed by atoms with van der Waals surface area (Å²) in [6.07, 6.45) is 3.19. The fraction of sp³-hybridized carbons (Fsp3) is 0.357. The quantitative estimate of drug-likeness (QED) is 0.853. The molecule has 1 N–H and O–H groups in total. The van der Waals surface area contributed by atoms with Crippen LogP contribution in [0.4, 0.5) is 5.82 Å². The summed E-state index contributed by atoms with van der Waals surface area (Å²) in [7, 11) is 0. The van der Waals surface area contributed by atoms with E-state index in [2.05, 4.69) is 15.0 Å². The van der Waals surface area contributed by atoms with Gasteiger partial charge in [0, 0.05) is 12.6 Å². The average Bonchev–Trinajstić information content (AvgIpc) is 3.15. The second kappa shape index (κ2) is 7.58. The molecule has 2 heterocycles. The Kier molecular flexibility index (Phi) is 5.51. The van der Waals surface area contributed by atoms with E-state index < -0.39 is 0 Å². The number of carbonyl (C=O) groups excluding carboxylic acids is 2. The van der Waals surface area contributed by atoms with Crippen LogP contribution in [0, 0.1) is 0 Å². The van der Waals surface area contributed by atoms with E-state index in [9.17, 15) is 9.59 Å². The molecule has 2 aromatic rings. The van der Waals surface area contributed by atoms with Gasteiger partial charge in [0.05, 0.1) is 4.88 Å². The van der Waals surface area contributed by atoms with Gasteiger partial charge in [0.1, 0.15) is 12.8 Å². The van der Waals surface area contributed by atoms with Gasteiger partial charge in [-0.05, 0) is 17.9 Å². The standard InChI is InChI=1S/C14H17N3O3S/c1-2-3-7-17(14(19)11-5-4-9-21-11)10-13(18)15-12-6-8-20-16-12/h4-6,8-9H,2-3,7,10H2,1H3,(H,15,16,18). The van der Waals surface area contributed by atoms with Crippen molar-refractivity contribution in [1.82, 2.24) is 10.1 Å². The van der Waals surface area contributed by atoms with Crippen LogP contribution in [-0.2, 0) is 4.79 Å². The first-order chi connectivity index (χ1) is 10.2. The first-order valence-electron chi connectivity index (χ1n) is 6.73. The molecule has 7 heteroatoms. The molecule has 0 aromatic carbocycles. The Bertz CT molecular complexity index is 566. The maximum absolute atomic E-state index is 12.4. The van der Waals surface area contributed by atoms with Crippen molar-refractivity contribution in [2.24, 2.45) is 0 Å². The molecule has 0 fully saturated rings. The van der Waals surface area contributed by atoms with Crippen molar-refractivity contribution in [3.05, 3.63) is 34.7 Å². The van der Waals surface area contributed by atoms with Crippen LogP contribution in [0.1, 0.15) is 29.4 Å². The SMILES string of the molecule is CCCCN(CC(=O)Nc1ccon1)C(=O)c1cccs1. The van der Waals surface area contributed by atoms with Crippen LogP contribution in [0.15, 0.2) is 34.4 Å². The summed E-state index contributed by atoms with van der Waals surface area (Å²) in [5.74, 6) is -0.0577. The molecule has 2 aromatic heterocycles. The second-order valence-electron chi connectivity index (χ2n) is 4.49. The number of hydrogen-bond donors (Lipinski definition) is 1. The fourth-order valence-corrected chi connectivity index (χ4v) is 2.48. The molecule has 0 bridgehead atoms. The van der Waals surface area contributed by atoms with Crippen LogP contribution in [0.2, 0.25) is 0 Å². The maximum Gasteiger partial charge on any atom is 0.264 e. The predicted octanol–water partition coefficient (Wildman–Crippen LogP) is 2.62. The van der Waals surface area contributed by atoms with E-state index in [1.54, 1.807) is 17.0 Å². The van der Waals surface area contributed by atoms with Crippen LogP contribution in [0.25, 0.3) is 0 Å². The van der Waals surface area contributed by atoms with E-state index >= 15 is 0 Å². The van der Waals surface area contributed by atoms with Crippen molar-refractivity contribution in [3.8, 4) is 0 Å². The Morgan fingerprint density at radius 3 is 2.90 bits per heavy atom. The summed E-state index contributed by atoms with van der Waals surface area (Å²) < 4.78 is 4.65. The lowest BCUT2D eigenvalue weighted by molar-refractivity contribution is -0.116. The summed E-state index contributed by atoms with van der Waals surface area (Å²) in [5.41, 5.74) is 0. The summed E-state index contributed by atoms with van der Waals surface area (Å²) in [4.78, 5) is 26.5. The molecule has 0 unspecified atom stereocenters. The summed E-state index contributed by atoms with van der Waals surface area (Å²) in [6.45, 7) is 2.60. The zero-order valence-electron chi connectivity index (χ0n) is 11.7. The van der Waals surface area contributed by atoms with Gasteiger partial charge < -0.3 is 14.7 Å². The van der Waals surface area contributed by atoms with Gasteiger partial charge >= 0.3 is 0 Å². The van der Waals surface area contributed by atoms with Crippen molar-refractivity contribution in [2.45, 2.75) is 19.8 Å². The van der Waals surface area contributed by atoms with E-state index in [0.717, 1.165) is 12.8 Å². The number of thiophene rings is 1. The molecular weight excluding hydrogens is 290 g/mol. The third kappa shape index (κ3) is 4.42. The summed E-state index contributed by atoms with van der Waals surface area (Å²) in [5, 5.41) is 8.05. The van der Waals surface area contributed by atoms with Crippen LogP contribution in [0.5, 0.6) is 0 Å². The molecule has 6 nitrogen and oxygen atoms in total. The van der Waals surface area contributed by atoms with E-state index in [4.69, 9.17) is 0 Å². The number of nitrogens with zero attached hydrogens (tertiary/aromatic N) is 2. The lowest BCUT2D eigenvalue weighted by atomic mass is 10.3. The van der Waals surface area contributed by atoms with Crippen LogP contribution in [-0.4, -0.2) is 35.0 Å². The number of hydrogen-bond acceptors (Lipinski definition) is 5. The highest BCUT2D eigenvalue weighted by Crippen LogP contribution is 2.13. The first kappa shape index (κ1) is 15.2. The predicted molar refractivity (Wildman–Crippen MR) is 80.3 cm³/mol. The van der Waals surface area contributed by atoms with Gasteiger partial charge in [0.2, 0.25) is 5.91 Å². The number of amides is 2. The van der Waals surface area contributed by atoms with Gasteiger partial charge in [0.25, 0.3) is 5.91 Å². The molecule has 21 heavy (non-hydrogen) atoms. The second-order valence-corrected chi connectivity index (χ2v) is 5.44. The number of nitrogens with one attached hydrogen (secondary N) is 1. The van der Waals surface area contributed by atoms with Crippen molar-refractivity contribution in [1.29, 1.82) is 0 Å². The molecule has 0 spiro atoms. The minimum atomic E-state index is -0.287. The van der Waals surface area contributed by atoms with Gasteiger partial charge in [-0.25, -0.2) is 0 Å². The van der Waals surface area contributed by atoms with E-state index in [1.807, 2.05) is 18.4 Å². The monoisotopic (exact) mass is 307 g/mol. The molecule has 0 aliphatic heterocycles. The number of unbranched alkanes of at least 4 members (excludes halogenated alkanes) is 1. The average molecular weight is 307 g/mol. The van der Waals surface area contributed by atoms with E-state index in [-0.39, 0.29) is 18.4 Å². The van der Waals surface area contributed by atoms with Crippen LogP contribution < -0.4 is 5.32 Å². The fourth-order valence-electron chi connectivity index (χ4n) is 1.79. The van der Waals surface area contributed by atoms with E-state index in [0.29, 0.717) is 17.2 Å². The topological polar surface area (TPSA) is 75.4 Å². The highest BCUT2D eigenvalue weighted by molar-refractivity contribution is 7.12. The van der Waals surface area contributed by atoms with Crippen molar-refractivity contribution >= 4 is 29.0 Å². The third-order valence-corrected chi connectivity index (χ3v) is 3.70. The lowest BCUT2D eigenvalue weighted by Crippen LogP contribution is -2.38. The van der Waals surface area contributed by atoms with Gasteiger partial charge in [-0.2, -0.15) is 0 Å². The number of anilines is 1. The molecule has 0 aliphatic carbocycles. The molecular formula is C14H17N3O3S. The zero-order chi connectivity index (χ0) is 15.1. The van der Waals surface area contributed by atoms with Gasteiger partial charge in [0.15, 0.2) is 5.82 Å². The highest BCUT2D eigenvalue weighted by Gasteiger charge is 2.19. The van der Waals surface area contributed by atoms with Gasteiger partial charge in [-0.3, -0.25) is 9.59 Å². The smallest absolute Gasteiger partial charge is 0.264 e.